The van der Waals surface area contributed by atoms with Crippen LogP contribution in [0.15, 0.2) is 18.2 Å². The molecule has 0 fully saturated rings. The molecule has 0 unspecified atom stereocenters. The number of hydrogen-bond acceptors (Lipinski definition) is 2. The van der Waals surface area contributed by atoms with Gasteiger partial charge in [0.25, 0.3) is 0 Å². The van der Waals surface area contributed by atoms with Crippen LogP contribution in [0.1, 0.15) is 5.56 Å². The molecule has 0 aromatic heterocycles. The summed E-state index contributed by atoms with van der Waals surface area (Å²) in [5.74, 6) is -0.360. The average Bonchev–Trinajstić information content (AvgIpc) is 2.04. The third-order valence-corrected chi connectivity index (χ3v) is 1.81. The molecule has 0 aliphatic carbocycles. The fourth-order valence-corrected chi connectivity index (χ4v) is 1.22. The zero-order chi connectivity index (χ0) is 9.84. The maximum absolute atomic E-state index is 12.8. The SMILES string of the molecule is C[B]Cc1cc(F)ccc1B(O)O. The third-order valence-electron chi connectivity index (χ3n) is 1.81. The van der Waals surface area contributed by atoms with Gasteiger partial charge in [-0.2, -0.15) is 0 Å². The highest BCUT2D eigenvalue weighted by molar-refractivity contribution is 6.59. The molecule has 5 heteroatoms. The third kappa shape index (κ3) is 2.57. The summed E-state index contributed by atoms with van der Waals surface area (Å²) < 4.78 is 12.8. The molecule has 1 aromatic rings. The zero-order valence-corrected chi connectivity index (χ0v) is 7.37. The van der Waals surface area contributed by atoms with Crippen LogP contribution in [0.4, 0.5) is 4.39 Å². The van der Waals surface area contributed by atoms with E-state index in [-0.39, 0.29) is 5.82 Å². The Labute approximate surface area is 77.8 Å². The highest BCUT2D eigenvalue weighted by Crippen LogP contribution is 2.02. The Morgan fingerprint density at radius 2 is 2.15 bits per heavy atom. The van der Waals surface area contributed by atoms with Crippen LogP contribution in [0.2, 0.25) is 6.82 Å². The van der Waals surface area contributed by atoms with Gasteiger partial charge >= 0.3 is 7.12 Å². The van der Waals surface area contributed by atoms with Gasteiger partial charge in [-0.1, -0.05) is 24.8 Å². The van der Waals surface area contributed by atoms with Crippen LogP contribution in [-0.2, 0) is 6.32 Å². The Bertz CT molecular complexity index is 291. The van der Waals surface area contributed by atoms with Gasteiger partial charge in [-0.15, -0.1) is 0 Å². The van der Waals surface area contributed by atoms with Gasteiger partial charge in [0, 0.05) is 0 Å². The summed E-state index contributed by atoms with van der Waals surface area (Å²) in [5.41, 5.74) is 0.969. The Morgan fingerprint density at radius 1 is 1.46 bits per heavy atom. The minimum absolute atomic E-state index is 0.360. The van der Waals surface area contributed by atoms with Gasteiger partial charge in [0.1, 0.15) is 13.1 Å². The van der Waals surface area contributed by atoms with Gasteiger partial charge in [-0.3, -0.25) is 0 Å². The maximum Gasteiger partial charge on any atom is 0.488 e. The molecule has 1 rings (SSSR count). The molecule has 0 spiro atoms. The Balaban J connectivity index is 3.03. The molecule has 0 saturated carbocycles. The normalized spacial score (nSPS) is 9.85. The first-order valence-corrected chi connectivity index (χ1v) is 4.07. The summed E-state index contributed by atoms with van der Waals surface area (Å²) in [6, 6.07) is 3.92. The maximum atomic E-state index is 12.8. The summed E-state index contributed by atoms with van der Waals surface area (Å²) in [5, 5.41) is 17.9. The lowest BCUT2D eigenvalue weighted by Gasteiger charge is -2.06. The van der Waals surface area contributed by atoms with Crippen molar-refractivity contribution in [3.8, 4) is 0 Å². The van der Waals surface area contributed by atoms with Crippen LogP contribution in [0.25, 0.3) is 0 Å². The average molecular weight is 179 g/mol. The van der Waals surface area contributed by atoms with E-state index < -0.39 is 7.12 Å². The molecule has 1 radical (unpaired) electrons. The smallest absolute Gasteiger partial charge is 0.423 e. The Hall–Kier alpha value is -0.800. The predicted molar refractivity (Wildman–Crippen MR) is 51.5 cm³/mol. The predicted octanol–water partition coefficient (Wildman–Crippen LogP) is -0.242. The van der Waals surface area contributed by atoms with Crippen molar-refractivity contribution in [3.63, 3.8) is 0 Å². The molecule has 0 heterocycles. The van der Waals surface area contributed by atoms with Crippen LogP contribution in [0.3, 0.4) is 0 Å². The first-order valence-electron chi connectivity index (χ1n) is 4.07. The fraction of sp³-hybridized carbons (Fsp3) is 0.250. The lowest BCUT2D eigenvalue weighted by molar-refractivity contribution is 0.425. The molecule has 0 atom stereocenters. The van der Waals surface area contributed by atoms with Crippen LogP contribution < -0.4 is 5.46 Å². The van der Waals surface area contributed by atoms with E-state index in [1.54, 1.807) is 0 Å². The highest BCUT2D eigenvalue weighted by atomic mass is 19.1. The summed E-state index contributed by atoms with van der Waals surface area (Å²) in [4.78, 5) is 0. The standard InChI is InChI=1S/C8H10B2FO2/c1-9-5-6-4-7(11)2-3-8(6)10(12)13/h2-4,12-13H,5H2,1H3. The minimum atomic E-state index is -1.53. The number of rotatable bonds is 3. The second-order valence-electron chi connectivity index (χ2n) is 2.83. The monoisotopic (exact) mass is 179 g/mol. The molecular formula is C8H10B2FO2. The molecular weight excluding hydrogens is 169 g/mol. The zero-order valence-electron chi connectivity index (χ0n) is 7.37. The van der Waals surface area contributed by atoms with Crippen molar-refractivity contribution in [2.45, 2.75) is 13.1 Å². The molecule has 2 N–H and O–H groups in total. The van der Waals surface area contributed by atoms with Crippen molar-refractivity contribution in [2.24, 2.45) is 0 Å². The minimum Gasteiger partial charge on any atom is -0.423 e. The van der Waals surface area contributed by atoms with Gasteiger partial charge in [0.2, 0.25) is 0 Å². The van der Waals surface area contributed by atoms with E-state index in [9.17, 15) is 4.39 Å². The van der Waals surface area contributed by atoms with E-state index in [1.807, 2.05) is 14.1 Å². The largest absolute Gasteiger partial charge is 0.488 e. The van der Waals surface area contributed by atoms with Crippen molar-refractivity contribution in [1.82, 2.24) is 0 Å². The van der Waals surface area contributed by atoms with E-state index in [4.69, 9.17) is 10.0 Å². The summed E-state index contributed by atoms with van der Waals surface area (Å²) in [6.45, 7) is 1.83. The molecule has 13 heavy (non-hydrogen) atoms. The number of hydrogen-bond donors (Lipinski definition) is 2. The molecule has 1 aromatic carbocycles. The van der Waals surface area contributed by atoms with E-state index in [0.717, 1.165) is 0 Å². The summed E-state index contributed by atoms with van der Waals surface area (Å²) >= 11 is 0. The van der Waals surface area contributed by atoms with E-state index >= 15 is 0 Å². The first-order chi connectivity index (χ1) is 6.15. The first kappa shape index (κ1) is 10.3. The van der Waals surface area contributed by atoms with E-state index in [1.165, 1.54) is 18.2 Å². The molecule has 0 amide bonds. The second-order valence-corrected chi connectivity index (χ2v) is 2.83. The van der Waals surface area contributed by atoms with Crippen molar-refractivity contribution in [3.05, 3.63) is 29.6 Å². The van der Waals surface area contributed by atoms with Gasteiger partial charge in [0.15, 0.2) is 0 Å². The van der Waals surface area contributed by atoms with E-state index in [0.29, 0.717) is 17.3 Å². The number of halogens is 1. The molecule has 0 aliphatic heterocycles. The quantitative estimate of drug-likeness (QED) is 0.628. The molecule has 2 nitrogen and oxygen atoms in total. The van der Waals surface area contributed by atoms with Gasteiger partial charge in [-0.25, -0.2) is 4.39 Å². The van der Waals surface area contributed by atoms with E-state index in [2.05, 4.69) is 0 Å². The number of benzene rings is 1. The molecule has 0 saturated heterocycles. The molecule has 0 aliphatic rings. The topological polar surface area (TPSA) is 40.5 Å². The Morgan fingerprint density at radius 3 is 2.69 bits per heavy atom. The molecule has 67 valence electrons. The van der Waals surface area contributed by atoms with Crippen LogP contribution in [0, 0.1) is 5.82 Å². The van der Waals surface area contributed by atoms with Crippen LogP contribution in [0.5, 0.6) is 0 Å². The summed E-state index contributed by atoms with van der Waals surface area (Å²) in [6.07, 6.45) is 0.532. The van der Waals surface area contributed by atoms with Crippen molar-refractivity contribution < 1.29 is 14.4 Å². The van der Waals surface area contributed by atoms with Gasteiger partial charge < -0.3 is 10.0 Å². The van der Waals surface area contributed by atoms with Crippen LogP contribution >= 0.6 is 0 Å². The second kappa shape index (κ2) is 4.44. The van der Waals surface area contributed by atoms with Gasteiger partial charge in [-0.05, 0) is 17.6 Å². The van der Waals surface area contributed by atoms with Crippen molar-refractivity contribution in [1.29, 1.82) is 0 Å². The van der Waals surface area contributed by atoms with Gasteiger partial charge in [0.05, 0.1) is 0 Å². The Kier molecular flexibility index (Phi) is 3.51. The lowest BCUT2D eigenvalue weighted by atomic mass is 9.68. The summed E-state index contributed by atoms with van der Waals surface area (Å²) in [7, 11) is 0.302. The fourth-order valence-electron chi connectivity index (χ4n) is 1.22. The van der Waals surface area contributed by atoms with Crippen molar-refractivity contribution in [2.75, 3.05) is 0 Å². The van der Waals surface area contributed by atoms with Crippen LogP contribution in [-0.4, -0.2) is 24.4 Å². The lowest BCUT2D eigenvalue weighted by Crippen LogP contribution is -2.33. The highest BCUT2D eigenvalue weighted by Gasteiger charge is 2.15. The van der Waals surface area contributed by atoms with Crippen molar-refractivity contribution >= 4 is 19.9 Å². The molecule has 0 bridgehead atoms.